The molecule has 1 aromatic rings. The molecule has 2 heterocycles. The van der Waals surface area contributed by atoms with E-state index in [1.54, 1.807) is 21.3 Å². The van der Waals surface area contributed by atoms with Crippen molar-refractivity contribution in [2.45, 2.75) is 52.0 Å². The molecule has 1 aliphatic rings. The number of aliphatic imine (C=N–C) groups is 1. The number of nitrogens with zero attached hydrogens (tertiary/aromatic N) is 3. The number of amides is 1. The molecule has 138 valence electrons. The Balaban J connectivity index is 2.31. The largest absolute Gasteiger partial charge is 0.444 e. The Labute approximate surface area is 149 Å². The number of hydrogen-bond donors (Lipinski definition) is 0. The topological polar surface area (TPSA) is 73.2 Å². The Kier molecular flexibility index (Phi) is 6.13. The van der Waals surface area contributed by atoms with Gasteiger partial charge in [0.25, 0.3) is 0 Å². The zero-order valence-electron chi connectivity index (χ0n) is 15.8. The van der Waals surface area contributed by atoms with E-state index in [2.05, 4.69) is 9.98 Å². The highest BCUT2D eigenvalue weighted by Crippen LogP contribution is 2.29. The Bertz CT molecular complexity index is 648. The number of ether oxygens (including phenoxy) is 3. The van der Waals surface area contributed by atoms with Crippen molar-refractivity contribution in [1.82, 2.24) is 9.88 Å². The second-order valence-electron chi connectivity index (χ2n) is 7.01. The Morgan fingerprint density at radius 1 is 1.32 bits per heavy atom. The Hall–Kier alpha value is -1.99. The zero-order valence-corrected chi connectivity index (χ0v) is 15.8. The van der Waals surface area contributed by atoms with Crippen molar-refractivity contribution in [1.29, 1.82) is 0 Å². The van der Waals surface area contributed by atoms with Crippen LogP contribution >= 0.6 is 0 Å². The van der Waals surface area contributed by atoms with Gasteiger partial charge in [0.05, 0.1) is 6.54 Å². The summed E-state index contributed by atoms with van der Waals surface area (Å²) in [6.07, 6.45) is 2.61. The van der Waals surface area contributed by atoms with Gasteiger partial charge >= 0.3 is 6.09 Å². The first-order valence-corrected chi connectivity index (χ1v) is 8.30. The average molecular weight is 349 g/mol. The summed E-state index contributed by atoms with van der Waals surface area (Å²) in [5.74, 6) is 0.684. The smallest absolute Gasteiger partial charge is 0.410 e. The number of hydrogen-bond acceptors (Lipinski definition) is 6. The minimum absolute atomic E-state index is 0.345. The van der Waals surface area contributed by atoms with Gasteiger partial charge in [0, 0.05) is 27.5 Å². The summed E-state index contributed by atoms with van der Waals surface area (Å²) in [5.41, 5.74) is 2.00. The first-order chi connectivity index (χ1) is 11.7. The number of carbonyl (C=O) groups is 1. The molecule has 0 atom stereocenters. The molecule has 0 N–H and O–H groups in total. The van der Waals surface area contributed by atoms with Crippen molar-refractivity contribution < 1.29 is 19.0 Å². The van der Waals surface area contributed by atoms with Gasteiger partial charge in [-0.1, -0.05) is 0 Å². The highest BCUT2D eigenvalue weighted by molar-refractivity contribution is 5.69. The van der Waals surface area contributed by atoms with Crippen LogP contribution in [0.2, 0.25) is 0 Å². The van der Waals surface area contributed by atoms with Gasteiger partial charge < -0.3 is 19.1 Å². The predicted molar refractivity (Wildman–Crippen MR) is 95.2 cm³/mol. The molecule has 2 rings (SSSR count). The van der Waals surface area contributed by atoms with E-state index in [4.69, 9.17) is 14.2 Å². The van der Waals surface area contributed by atoms with Crippen molar-refractivity contribution in [3.05, 3.63) is 22.9 Å². The van der Waals surface area contributed by atoms with Crippen molar-refractivity contribution in [2.75, 3.05) is 21.3 Å². The molecule has 0 spiro atoms. The van der Waals surface area contributed by atoms with Crippen LogP contribution in [0.15, 0.2) is 11.1 Å². The average Bonchev–Trinajstić information content (AvgIpc) is 2.54. The van der Waals surface area contributed by atoms with Gasteiger partial charge in [0.1, 0.15) is 11.3 Å². The lowest BCUT2D eigenvalue weighted by Crippen LogP contribution is -2.34. The molecule has 0 aromatic carbocycles. The number of rotatable bonds is 5. The molecule has 1 aromatic heterocycles. The lowest BCUT2D eigenvalue weighted by atomic mass is 10.0. The van der Waals surface area contributed by atoms with Crippen LogP contribution in [-0.4, -0.2) is 49.1 Å². The van der Waals surface area contributed by atoms with Crippen LogP contribution < -0.4 is 0 Å². The summed E-state index contributed by atoms with van der Waals surface area (Å²) in [6.45, 7) is 5.87. The minimum atomic E-state index is -0.621. The summed E-state index contributed by atoms with van der Waals surface area (Å²) >= 11 is 0. The molecule has 0 fully saturated rings. The number of methoxy groups -OCH3 is 2. The fourth-order valence-electron chi connectivity index (χ4n) is 2.58. The summed E-state index contributed by atoms with van der Waals surface area (Å²) in [7, 11) is 4.81. The zero-order chi connectivity index (χ0) is 18.6. The third kappa shape index (κ3) is 4.99. The Morgan fingerprint density at radius 2 is 2.00 bits per heavy atom. The van der Waals surface area contributed by atoms with E-state index >= 15 is 0 Å². The number of fused-ring (bicyclic) bond motifs is 1. The summed E-state index contributed by atoms with van der Waals surface area (Å²) in [5, 5.41) is 0. The molecule has 0 radical (unpaired) electrons. The van der Waals surface area contributed by atoms with Crippen molar-refractivity contribution in [3.8, 4) is 0 Å². The van der Waals surface area contributed by atoms with Crippen molar-refractivity contribution in [3.63, 3.8) is 0 Å². The van der Waals surface area contributed by atoms with Crippen LogP contribution in [0.1, 0.15) is 50.3 Å². The lowest BCUT2D eigenvalue weighted by molar-refractivity contribution is -0.109. The molecule has 0 bridgehead atoms. The molecule has 1 aliphatic heterocycles. The molecule has 0 saturated heterocycles. The highest BCUT2D eigenvalue weighted by Gasteiger charge is 2.24. The predicted octanol–water partition coefficient (Wildman–Crippen LogP) is 3.39. The third-order valence-electron chi connectivity index (χ3n) is 3.71. The number of aryl methyl sites for hydroxylation is 1. The molecule has 7 nitrogen and oxygen atoms in total. The maximum absolute atomic E-state index is 12.3. The van der Waals surface area contributed by atoms with Gasteiger partial charge in [-0.2, -0.15) is 0 Å². The van der Waals surface area contributed by atoms with Gasteiger partial charge in [-0.25, -0.2) is 14.8 Å². The van der Waals surface area contributed by atoms with Crippen molar-refractivity contribution in [2.24, 2.45) is 4.99 Å². The fourth-order valence-corrected chi connectivity index (χ4v) is 2.58. The van der Waals surface area contributed by atoms with Crippen molar-refractivity contribution >= 4 is 18.1 Å². The first kappa shape index (κ1) is 19.3. The fraction of sp³-hybridized carbons (Fsp3) is 0.611. The van der Waals surface area contributed by atoms with Crippen LogP contribution in [0.5, 0.6) is 0 Å². The molecule has 0 aliphatic carbocycles. The molecule has 0 saturated carbocycles. The van der Waals surface area contributed by atoms with Crippen LogP contribution in [0.3, 0.4) is 0 Å². The summed E-state index contributed by atoms with van der Waals surface area (Å²) < 4.78 is 16.2. The van der Waals surface area contributed by atoms with Gasteiger partial charge in [-0.3, -0.25) is 0 Å². The first-order valence-electron chi connectivity index (χ1n) is 8.30. The molecule has 0 unspecified atom stereocenters. The molecule has 25 heavy (non-hydrogen) atoms. The minimum Gasteiger partial charge on any atom is -0.444 e. The second-order valence-corrected chi connectivity index (χ2v) is 7.01. The number of pyridine rings is 1. The van der Waals surface area contributed by atoms with Crippen LogP contribution in [0.4, 0.5) is 10.6 Å². The van der Waals surface area contributed by atoms with E-state index in [-0.39, 0.29) is 6.09 Å². The lowest BCUT2D eigenvalue weighted by Gasteiger charge is -2.26. The van der Waals surface area contributed by atoms with E-state index in [0.717, 1.165) is 24.0 Å². The molecular formula is C18H27N3O4. The molecule has 7 heteroatoms. The highest BCUT2D eigenvalue weighted by atomic mass is 16.7. The normalized spacial score (nSPS) is 13.7. The van der Waals surface area contributed by atoms with Crippen LogP contribution in [-0.2, 0) is 27.2 Å². The van der Waals surface area contributed by atoms with E-state index in [9.17, 15) is 4.79 Å². The maximum Gasteiger partial charge on any atom is 0.410 e. The quantitative estimate of drug-likeness (QED) is 0.762. The maximum atomic E-state index is 12.3. The van der Waals surface area contributed by atoms with E-state index in [0.29, 0.717) is 18.1 Å². The van der Waals surface area contributed by atoms with Crippen LogP contribution in [0.25, 0.3) is 0 Å². The molecule has 1 amide bonds. The van der Waals surface area contributed by atoms with E-state index < -0.39 is 11.9 Å². The van der Waals surface area contributed by atoms with E-state index in [1.807, 2.05) is 33.1 Å². The van der Waals surface area contributed by atoms with Gasteiger partial charge in [-0.15, -0.1) is 0 Å². The molecular weight excluding hydrogens is 322 g/mol. The van der Waals surface area contributed by atoms with E-state index in [1.165, 1.54) is 4.90 Å². The standard InChI is InChI=1S/C18H27N3O4/c1-18(2,3)25-17(22)21(4)11-13-10-12-8-7-9-19-15(12)20-14(13)16(23-5)24-6/h9-10,16H,7-8,11H2,1-6H3. The summed E-state index contributed by atoms with van der Waals surface area (Å²) in [6, 6.07) is 2.03. The Morgan fingerprint density at radius 3 is 2.60 bits per heavy atom. The number of carbonyl (C=O) groups excluding carboxylic acids is 1. The second kappa shape index (κ2) is 7.93. The third-order valence-corrected chi connectivity index (χ3v) is 3.71. The van der Waals surface area contributed by atoms with Gasteiger partial charge in [0.2, 0.25) is 6.29 Å². The monoisotopic (exact) mass is 349 g/mol. The summed E-state index contributed by atoms with van der Waals surface area (Å²) in [4.78, 5) is 22.8. The number of aromatic nitrogens is 1. The van der Waals surface area contributed by atoms with Gasteiger partial charge in [0.15, 0.2) is 5.82 Å². The van der Waals surface area contributed by atoms with Gasteiger partial charge in [-0.05, 0) is 50.8 Å². The van der Waals surface area contributed by atoms with Crippen LogP contribution in [0, 0.1) is 0 Å². The SMILES string of the molecule is COC(OC)c1nc2c(cc1CN(C)C(=O)OC(C)(C)C)CCC=N2.